The maximum absolute atomic E-state index is 13.7. The second-order valence-corrected chi connectivity index (χ2v) is 11.2. The highest BCUT2D eigenvalue weighted by atomic mass is 16.5. The molecule has 1 aromatic heterocycles. The molecule has 4 aliphatic carbocycles. The largest absolute Gasteiger partial charge is 0.510 e. The van der Waals surface area contributed by atoms with E-state index in [0.29, 0.717) is 11.3 Å². The number of para-hydroxylation sites is 1. The number of rotatable bonds is 4. The molecular weight excluding hydrogens is 612 g/mol. The van der Waals surface area contributed by atoms with Gasteiger partial charge in [-0.15, -0.1) is 0 Å². The minimum absolute atomic E-state index is 0.107. The van der Waals surface area contributed by atoms with Gasteiger partial charge in [0.25, 0.3) is 5.56 Å². The summed E-state index contributed by atoms with van der Waals surface area (Å²) in [5.41, 5.74) is -0.897. The van der Waals surface area contributed by atoms with E-state index >= 15 is 0 Å². The van der Waals surface area contributed by atoms with Crippen LogP contribution in [0.3, 0.4) is 0 Å². The number of hydrogen-bond acceptors (Lipinski definition) is 11. The molecule has 0 saturated heterocycles. The van der Waals surface area contributed by atoms with Crippen LogP contribution in [0, 0.1) is 10.4 Å². The summed E-state index contributed by atoms with van der Waals surface area (Å²) < 4.78 is 4.90. The Morgan fingerprint density at radius 3 is 2.23 bits per heavy atom. The van der Waals surface area contributed by atoms with E-state index in [1.807, 2.05) is 0 Å². The number of H-pyrrole nitrogens is 1. The molecular formula is C33H22N4O10. The maximum atomic E-state index is 13.7. The normalized spacial score (nSPS) is 16.8. The molecule has 0 radical (unpaired) electrons. The second kappa shape index (κ2) is 9.97. The number of amides is 2. The molecule has 14 nitrogen and oxygen atoms in total. The predicted octanol–water partition coefficient (Wildman–Crippen LogP) is -0.567. The molecule has 14 heteroatoms. The van der Waals surface area contributed by atoms with E-state index in [4.69, 9.17) is 10.5 Å². The number of hydrogen-bond donors (Lipinski definition) is 5. The zero-order valence-electron chi connectivity index (χ0n) is 24.3. The molecule has 1 heterocycles. The summed E-state index contributed by atoms with van der Waals surface area (Å²) in [5, 5.41) is 36.9. The first-order valence-corrected chi connectivity index (χ1v) is 14.1. The number of hydrazone groups is 1. The van der Waals surface area contributed by atoms with Gasteiger partial charge >= 0.3 is 6.03 Å². The van der Waals surface area contributed by atoms with Crippen LogP contribution >= 0.6 is 0 Å². The lowest BCUT2D eigenvalue weighted by molar-refractivity contribution is 0.254. The van der Waals surface area contributed by atoms with Crippen molar-refractivity contribution in [1.29, 1.82) is 0 Å². The molecule has 2 aromatic carbocycles. The summed E-state index contributed by atoms with van der Waals surface area (Å²) in [6, 6.07) is 11.2. The lowest BCUT2D eigenvalue weighted by Gasteiger charge is -2.27. The number of ether oxygens (including phenoxy) is 1. The number of urea groups is 1. The van der Waals surface area contributed by atoms with Gasteiger partial charge in [0.15, 0.2) is 11.2 Å². The van der Waals surface area contributed by atoms with E-state index in [2.05, 4.69) is 10.1 Å². The first-order chi connectivity index (χ1) is 22.4. The van der Waals surface area contributed by atoms with Crippen LogP contribution in [-0.2, 0) is 11.8 Å². The SMILES string of the molecule is COc1cc(=O)c2c(=O)c3c(c(=O)c=2c1=O)=C(O)C1(CCc2cc4cc(C=NN(C(N)=O)c5ccccc5)[nH]c(=O)c4c(O)c21)C=3O. The highest BCUT2D eigenvalue weighted by molar-refractivity contribution is 5.97. The molecule has 0 fully saturated rings. The number of nitrogens with two attached hydrogens (primary N) is 1. The Labute approximate surface area is 260 Å². The highest BCUT2D eigenvalue weighted by Gasteiger charge is 2.53. The summed E-state index contributed by atoms with van der Waals surface area (Å²) in [6.07, 6.45) is 1.16. The molecule has 234 valence electrons. The lowest BCUT2D eigenvalue weighted by Crippen LogP contribution is -2.51. The fraction of sp³-hybridized carbons (Fsp3) is 0.121. The number of primary amides is 1. The summed E-state index contributed by atoms with van der Waals surface area (Å²) in [4.78, 5) is 80.9. The number of carbonyl (C=O) groups is 1. The van der Waals surface area contributed by atoms with Gasteiger partial charge in [0.2, 0.25) is 16.3 Å². The third kappa shape index (κ3) is 3.81. The molecule has 1 spiro atoms. The average Bonchev–Trinajstić information content (AvgIpc) is 3.53. The third-order valence-corrected chi connectivity index (χ3v) is 8.80. The number of anilines is 1. The van der Waals surface area contributed by atoms with Gasteiger partial charge in [0.1, 0.15) is 22.7 Å². The first kappa shape index (κ1) is 29.2. The Bertz CT molecular complexity index is 2750. The van der Waals surface area contributed by atoms with Gasteiger partial charge in [0, 0.05) is 11.6 Å². The van der Waals surface area contributed by atoms with Gasteiger partial charge in [-0.1, -0.05) is 24.3 Å². The van der Waals surface area contributed by atoms with Crippen molar-refractivity contribution in [1.82, 2.24) is 4.98 Å². The Kier molecular flexibility index (Phi) is 6.18. The number of aryl methyl sites for hydroxylation is 1. The second-order valence-electron chi connectivity index (χ2n) is 11.2. The van der Waals surface area contributed by atoms with Crippen molar-refractivity contribution in [3.63, 3.8) is 0 Å². The van der Waals surface area contributed by atoms with E-state index in [9.17, 15) is 44.1 Å². The van der Waals surface area contributed by atoms with Crippen molar-refractivity contribution in [2.24, 2.45) is 10.8 Å². The summed E-state index contributed by atoms with van der Waals surface area (Å²) >= 11 is 0. The molecule has 3 aromatic rings. The Balaban J connectivity index is 1.45. The van der Waals surface area contributed by atoms with Gasteiger partial charge in [-0.05, 0) is 42.0 Å². The van der Waals surface area contributed by atoms with Crippen LogP contribution in [0.25, 0.3) is 22.3 Å². The van der Waals surface area contributed by atoms with Crippen LogP contribution in [0.4, 0.5) is 10.5 Å². The molecule has 0 bridgehead atoms. The zero-order chi connectivity index (χ0) is 33.5. The molecule has 6 N–H and O–H groups in total. The Morgan fingerprint density at radius 2 is 1.60 bits per heavy atom. The fourth-order valence-corrected chi connectivity index (χ4v) is 6.78. The molecule has 4 aliphatic rings. The summed E-state index contributed by atoms with van der Waals surface area (Å²) in [5.74, 6) is -2.70. The smallest absolute Gasteiger partial charge is 0.340 e. The highest BCUT2D eigenvalue weighted by Crippen LogP contribution is 2.54. The third-order valence-electron chi connectivity index (χ3n) is 8.80. The number of aromatic hydroxyl groups is 1. The number of nitrogens with zero attached hydrogens (tertiary/aromatic N) is 2. The predicted molar refractivity (Wildman–Crippen MR) is 169 cm³/mol. The lowest BCUT2D eigenvalue weighted by atomic mass is 9.78. The molecule has 2 amide bonds. The van der Waals surface area contributed by atoms with Gasteiger partial charge in [0.05, 0.1) is 51.0 Å². The van der Waals surface area contributed by atoms with E-state index in [0.717, 1.165) is 18.2 Å². The average molecular weight is 635 g/mol. The summed E-state index contributed by atoms with van der Waals surface area (Å²) in [7, 11) is 1.11. The number of nitrogens with one attached hydrogen (secondary N) is 1. The number of carbonyl (C=O) groups excluding carboxylic acids is 1. The van der Waals surface area contributed by atoms with Gasteiger partial charge in [-0.3, -0.25) is 24.0 Å². The quantitative estimate of drug-likeness (QED) is 0.125. The topological polar surface area (TPSA) is 230 Å². The van der Waals surface area contributed by atoms with Gasteiger partial charge in [-0.2, -0.15) is 10.1 Å². The number of aromatic nitrogens is 1. The number of fused-ring (bicyclic) bond motifs is 4. The van der Waals surface area contributed by atoms with E-state index in [-0.39, 0.29) is 34.9 Å². The maximum Gasteiger partial charge on any atom is 0.340 e. The van der Waals surface area contributed by atoms with Crippen molar-refractivity contribution in [3.8, 4) is 11.5 Å². The van der Waals surface area contributed by atoms with E-state index < -0.39 is 82.6 Å². The summed E-state index contributed by atoms with van der Waals surface area (Å²) in [6.45, 7) is 0. The molecule has 1 atom stereocenters. The van der Waals surface area contributed by atoms with Crippen LogP contribution in [0.5, 0.6) is 11.5 Å². The Hall–Kier alpha value is -6.57. The molecule has 7 rings (SSSR count). The van der Waals surface area contributed by atoms with Gasteiger partial charge < -0.3 is 30.8 Å². The van der Waals surface area contributed by atoms with Crippen LogP contribution in [0.1, 0.15) is 23.2 Å². The van der Waals surface area contributed by atoms with Crippen LogP contribution < -0.4 is 53.2 Å². The van der Waals surface area contributed by atoms with Crippen molar-refractivity contribution in [3.05, 3.63) is 137 Å². The number of pyridine rings is 1. The molecule has 1 unspecified atom stereocenters. The number of phenolic OH excluding ortho intramolecular Hbond substituents is 1. The van der Waals surface area contributed by atoms with Crippen molar-refractivity contribution in [2.75, 3.05) is 12.1 Å². The fourth-order valence-electron chi connectivity index (χ4n) is 6.78. The number of benzene rings is 2. The van der Waals surface area contributed by atoms with Crippen LogP contribution in [0.15, 0.2) is 77.6 Å². The first-order valence-electron chi connectivity index (χ1n) is 14.1. The monoisotopic (exact) mass is 634 g/mol. The van der Waals surface area contributed by atoms with Crippen molar-refractivity contribution < 1.29 is 24.9 Å². The minimum Gasteiger partial charge on any atom is -0.510 e. The van der Waals surface area contributed by atoms with Crippen LogP contribution in [-0.4, -0.2) is 39.7 Å². The zero-order valence-corrected chi connectivity index (χ0v) is 24.3. The standard InChI is InChI=1S/C33H22N4O10/c1-47-18-11-17(38)20-21(25(18)39)27(41)23-22(26(20)40)29(43)33(30(23)44)8-7-13-9-14-10-15(36-31(45)19(14)28(42)24(13)33)12-35-37(32(34)46)16-5-3-2-4-6-16/h2-6,9-12,42-44H,7-8H2,1H3,(H2,34,46)(H,36,45). The Morgan fingerprint density at radius 1 is 0.936 bits per heavy atom. The molecule has 0 saturated carbocycles. The van der Waals surface area contributed by atoms with E-state index in [1.165, 1.54) is 12.3 Å². The minimum atomic E-state index is -2.02. The van der Waals surface area contributed by atoms with Crippen LogP contribution in [0.2, 0.25) is 0 Å². The number of phenols is 1. The van der Waals surface area contributed by atoms with Crippen molar-refractivity contribution >= 4 is 40.2 Å². The number of aromatic amines is 1. The van der Waals surface area contributed by atoms with E-state index in [1.54, 1.807) is 36.4 Å². The number of methoxy groups -OCH3 is 1. The van der Waals surface area contributed by atoms with Gasteiger partial charge in [-0.25, -0.2) is 4.79 Å². The van der Waals surface area contributed by atoms with Crippen molar-refractivity contribution in [2.45, 2.75) is 18.3 Å². The molecule has 47 heavy (non-hydrogen) atoms. The number of aliphatic hydroxyl groups excluding tert-OH is 2. The number of aliphatic hydroxyl groups is 2. The molecule has 0 aliphatic heterocycles.